The topological polar surface area (TPSA) is 76.7 Å². The molecule has 0 saturated carbocycles. The Balaban J connectivity index is 1.45. The Bertz CT molecular complexity index is 931. The molecular formula is C18H15N3O3. The van der Waals surface area contributed by atoms with Gasteiger partial charge in [-0.2, -0.15) is 0 Å². The third-order valence-corrected chi connectivity index (χ3v) is 3.83. The van der Waals surface area contributed by atoms with Crippen molar-refractivity contribution in [2.75, 3.05) is 5.32 Å². The van der Waals surface area contributed by atoms with Crippen LogP contribution in [0, 0.1) is 6.92 Å². The zero-order chi connectivity index (χ0) is 16.5. The number of amides is 1. The number of benzene rings is 2. The van der Waals surface area contributed by atoms with E-state index in [0.29, 0.717) is 29.1 Å². The summed E-state index contributed by atoms with van der Waals surface area (Å²) in [5.41, 5.74) is 3.79. The molecule has 0 bridgehead atoms. The van der Waals surface area contributed by atoms with Crippen LogP contribution >= 0.6 is 0 Å². The normalized spacial score (nSPS) is 16.7. The van der Waals surface area contributed by atoms with Gasteiger partial charge in [0.15, 0.2) is 11.5 Å². The van der Waals surface area contributed by atoms with E-state index in [2.05, 4.69) is 15.5 Å². The second kappa shape index (κ2) is 5.81. The molecule has 0 spiro atoms. The number of oxime groups is 1. The third-order valence-electron chi connectivity index (χ3n) is 3.83. The Labute approximate surface area is 138 Å². The Morgan fingerprint density at radius 3 is 2.88 bits per heavy atom. The van der Waals surface area contributed by atoms with Crippen LogP contribution in [0.2, 0.25) is 0 Å². The maximum atomic E-state index is 12.4. The monoisotopic (exact) mass is 321 g/mol. The first-order valence-corrected chi connectivity index (χ1v) is 7.65. The molecule has 2 heterocycles. The van der Waals surface area contributed by atoms with Gasteiger partial charge in [-0.15, -0.1) is 0 Å². The van der Waals surface area contributed by atoms with E-state index in [4.69, 9.17) is 9.25 Å². The van der Waals surface area contributed by atoms with Gasteiger partial charge in [-0.3, -0.25) is 4.79 Å². The summed E-state index contributed by atoms with van der Waals surface area (Å²) in [7, 11) is 0. The fraction of sp³-hybridized carbons (Fsp3) is 0.167. The maximum absolute atomic E-state index is 12.4. The Hall–Kier alpha value is -3.15. The number of nitrogens with zero attached hydrogens (tertiary/aromatic N) is 2. The molecule has 1 unspecified atom stereocenters. The van der Waals surface area contributed by atoms with Crippen molar-refractivity contribution in [1.29, 1.82) is 0 Å². The molecular weight excluding hydrogens is 306 g/mol. The lowest BCUT2D eigenvalue weighted by atomic mass is 10.0. The van der Waals surface area contributed by atoms with Crippen molar-refractivity contribution in [2.45, 2.75) is 19.4 Å². The summed E-state index contributed by atoms with van der Waals surface area (Å²) in [6.07, 6.45) is -0.184. The average molecular weight is 321 g/mol. The van der Waals surface area contributed by atoms with Crippen LogP contribution in [0.1, 0.15) is 17.9 Å². The second-order valence-corrected chi connectivity index (χ2v) is 5.61. The number of anilines is 1. The molecule has 0 aliphatic carbocycles. The van der Waals surface area contributed by atoms with Crippen LogP contribution in [0.4, 0.5) is 5.69 Å². The van der Waals surface area contributed by atoms with Crippen LogP contribution in [0.3, 0.4) is 0 Å². The maximum Gasteiger partial charge on any atom is 0.268 e. The summed E-state index contributed by atoms with van der Waals surface area (Å²) in [5, 5.41) is 6.87. The quantitative estimate of drug-likeness (QED) is 0.803. The zero-order valence-corrected chi connectivity index (χ0v) is 13.0. The fourth-order valence-corrected chi connectivity index (χ4v) is 2.66. The van der Waals surface area contributed by atoms with Crippen molar-refractivity contribution >= 4 is 28.4 Å². The summed E-state index contributed by atoms with van der Waals surface area (Å²) in [4.78, 5) is 21.9. The number of aromatic nitrogens is 1. The summed E-state index contributed by atoms with van der Waals surface area (Å²) in [6, 6.07) is 15.0. The molecule has 1 aliphatic rings. The smallest absolute Gasteiger partial charge is 0.268 e. The van der Waals surface area contributed by atoms with Crippen LogP contribution in [-0.2, 0) is 9.63 Å². The third kappa shape index (κ3) is 2.74. The van der Waals surface area contributed by atoms with Crippen LogP contribution in [0.25, 0.3) is 11.1 Å². The molecule has 24 heavy (non-hydrogen) atoms. The molecule has 120 valence electrons. The van der Waals surface area contributed by atoms with Gasteiger partial charge in [0.25, 0.3) is 5.91 Å². The van der Waals surface area contributed by atoms with Crippen molar-refractivity contribution in [3.05, 3.63) is 60.0 Å². The SMILES string of the molecule is Cc1nc2cc(NC(=O)C3CC(c4ccccc4)=NO3)ccc2o1. The van der Waals surface area contributed by atoms with Crippen molar-refractivity contribution in [2.24, 2.45) is 5.16 Å². The number of aryl methyl sites for hydroxylation is 1. The standard InChI is InChI=1S/C18H15N3O3/c1-11-19-15-9-13(7-8-16(15)23-11)20-18(22)17-10-14(21-24-17)12-5-3-2-4-6-12/h2-9,17H,10H2,1H3,(H,20,22). The summed E-state index contributed by atoms with van der Waals surface area (Å²) in [6.45, 7) is 1.78. The number of hydrogen-bond acceptors (Lipinski definition) is 5. The van der Waals surface area contributed by atoms with E-state index in [-0.39, 0.29) is 5.91 Å². The van der Waals surface area contributed by atoms with E-state index in [1.54, 1.807) is 25.1 Å². The van der Waals surface area contributed by atoms with Crippen LogP contribution in [-0.4, -0.2) is 22.7 Å². The highest BCUT2D eigenvalue weighted by atomic mass is 16.6. The second-order valence-electron chi connectivity index (χ2n) is 5.61. The van der Waals surface area contributed by atoms with Gasteiger partial charge in [0.05, 0.1) is 5.71 Å². The van der Waals surface area contributed by atoms with E-state index in [1.165, 1.54) is 0 Å². The van der Waals surface area contributed by atoms with Crippen molar-refractivity contribution in [3.63, 3.8) is 0 Å². The lowest BCUT2D eigenvalue weighted by molar-refractivity contribution is -0.125. The van der Waals surface area contributed by atoms with Gasteiger partial charge >= 0.3 is 0 Å². The molecule has 0 fully saturated rings. The summed E-state index contributed by atoms with van der Waals surface area (Å²) < 4.78 is 5.42. The highest BCUT2D eigenvalue weighted by molar-refractivity contribution is 6.06. The molecule has 3 aromatic rings. The molecule has 1 amide bonds. The van der Waals surface area contributed by atoms with Crippen LogP contribution < -0.4 is 5.32 Å². The minimum absolute atomic E-state index is 0.232. The summed E-state index contributed by atoms with van der Waals surface area (Å²) >= 11 is 0. The number of carbonyl (C=O) groups is 1. The first-order valence-electron chi connectivity index (χ1n) is 7.65. The van der Waals surface area contributed by atoms with E-state index in [0.717, 1.165) is 11.3 Å². The average Bonchev–Trinajstić information content (AvgIpc) is 3.21. The van der Waals surface area contributed by atoms with E-state index >= 15 is 0 Å². The molecule has 1 aromatic heterocycles. The van der Waals surface area contributed by atoms with Crippen LogP contribution in [0.15, 0.2) is 58.1 Å². The number of carbonyl (C=O) groups excluding carboxylic acids is 1. The van der Waals surface area contributed by atoms with Gasteiger partial charge in [-0.1, -0.05) is 35.5 Å². The number of rotatable bonds is 3. The molecule has 6 heteroatoms. The lowest BCUT2D eigenvalue weighted by Crippen LogP contribution is -2.28. The van der Waals surface area contributed by atoms with Crippen LogP contribution in [0.5, 0.6) is 0 Å². The van der Waals surface area contributed by atoms with E-state index in [1.807, 2.05) is 30.3 Å². The summed E-state index contributed by atoms with van der Waals surface area (Å²) in [5.74, 6) is 0.359. The molecule has 1 aliphatic heterocycles. The van der Waals surface area contributed by atoms with Gasteiger partial charge in [-0.05, 0) is 23.8 Å². The van der Waals surface area contributed by atoms with Crippen molar-refractivity contribution < 1.29 is 14.0 Å². The molecule has 2 aromatic carbocycles. The first kappa shape index (κ1) is 14.4. The van der Waals surface area contributed by atoms with Gasteiger partial charge in [0, 0.05) is 19.0 Å². The predicted octanol–water partition coefficient (Wildman–Crippen LogP) is 3.27. The molecule has 6 nitrogen and oxygen atoms in total. The molecule has 4 rings (SSSR count). The predicted molar refractivity (Wildman–Crippen MR) is 89.8 cm³/mol. The van der Waals surface area contributed by atoms with E-state index in [9.17, 15) is 4.79 Å². The lowest BCUT2D eigenvalue weighted by Gasteiger charge is -2.09. The highest BCUT2D eigenvalue weighted by Crippen LogP contribution is 2.22. The zero-order valence-electron chi connectivity index (χ0n) is 13.0. The van der Waals surface area contributed by atoms with E-state index < -0.39 is 6.10 Å². The number of hydrogen-bond donors (Lipinski definition) is 1. The molecule has 1 atom stereocenters. The minimum atomic E-state index is -0.630. The number of oxazole rings is 1. The first-order chi connectivity index (χ1) is 11.7. The Kier molecular flexibility index (Phi) is 3.49. The Morgan fingerprint density at radius 2 is 2.04 bits per heavy atom. The Morgan fingerprint density at radius 1 is 1.21 bits per heavy atom. The number of fused-ring (bicyclic) bond motifs is 1. The van der Waals surface area contributed by atoms with Gasteiger partial charge in [0.1, 0.15) is 5.52 Å². The minimum Gasteiger partial charge on any atom is -0.441 e. The molecule has 0 saturated heterocycles. The fourth-order valence-electron chi connectivity index (χ4n) is 2.66. The van der Waals surface area contributed by atoms with Gasteiger partial charge in [0.2, 0.25) is 6.10 Å². The highest BCUT2D eigenvalue weighted by Gasteiger charge is 2.28. The molecule has 0 radical (unpaired) electrons. The van der Waals surface area contributed by atoms with Crippen molar-refractivity contribution in [1.82, 2.24) is 4.98 Å². The van der Waals surface area contributed by atoms with Gasteiger partial charge < -0.3 is 14.6 Å². The van der Waals surface area contributed by atoms with Gasteiger partial charge in [-0.25, -0.2) is 4.98 Å². The van der Waals surface area contributed by atoms with Crippen molar-refractivity contribution in [3.8, 4) is 0 Å². The molecule has 1 N–H and O–H groups in total. The largest absolute Gasteiger partial charge is 0.441 e. The number of nitrogens with one attached hydrogen (secondary N) is 1.